The maximum Gasteiger partial charge on any atom is 0.163 e. The molecule has 0 radical (unpaired) electrons. The molecule has 6 nitrogen and oxygen atoms in total. The molecular weight excluding hydrogens is 192 g/mol. The highest BCUT2D eigenvalue weighted by molar-refractivity contribution is 5.63. The zero-order chi connectivity index (χ0) is 10.7. The van der Waals surface area contributed by atoms with Gasteiger partial charge in [-0.05, 0) is 24.6 Å². The molecule has 0 spiro atoms. The summed E-state index contributed by atoms with van der Waals surface area (Å²) in [6, 6.07) is 3.66. The van der Waals surface area contributed by atoms with Gasteiger partial charge in [0.2, 0.25) is 0 Å². The van der Waals surface area contributed by atoms with Crippen LogP contribution in [0.1, 0.15) is 5.56 Å². The number of anilines is 1. The van der Waals surface area contributed by atoms with Crippen LogP contribution in [0.3, 0.4) is 0 Å². The van der Waals surface area contributed by atoms with E-state index in [2.05, 4.69) is 25.8 Å². The molecule has 2 aromatic heterocycles. The number of nitrogens with two attached hydrogens (primary N) is 1. The van der Waals surface area contributed by atoms with Crippen molar-refractivity contribution in [3.63, 3.8) is 0 Å². The highest BCUT2D eigenvalue weighted by Crippen LogP contribution is 2.19. The maximum atomic E-state index is 5.25. The van der Waals surface area contributed by atoms with Crippen LogP contribution < -0.4 is 11.3 Å². The SMILES string of the molecule is Cc1ccnnc1-c1cnnc(NN)c1. The molecule has 2 aromatic rings. The van der Waals surface area contributed by atoms with E-state index >= 15 is 0 Å². The van der Waals surface area contributed by atoms with Crippen LogP contribution in [0.25, 0.3) is 11.3 Å². The second kappa shape index (κ2) is 3.97. The normalized spacial score (nSPS) is 10.0. The van der Waals surface area contributed by atoms with Gasteiger partial charge < -0.3 is 5.43 Å². The van der Waals surface area contributed by atoms with E-state index in [0.29, 0.717) is 5.82 Å². The maximum absolute atomic E-state index is 5.25. The average Bonchev–Trinajstić information content (AvgIpc) is 2.30. The first kappa shape index (κ1) is 9.47. The zero-order valence-electron chi connectivity index (χ0n) is 8.18. The lowest BCUT2D eigenvalue weighted by Gasteiger charge is -2.03. The molecule has 2 heterocycles. The van der Waals surface area contributed by atoms with Gasteiger partial charge in [-0.25, -0.2) is 5.84 Å². The summed E-state index contributed by atoms with van der Waals surface area (Å²) in [5.74, 6) is 5.74. The summed E-state index contributed by atoms with van der Waals surface area (Å²) in [4.78, 5) is 0. The Bertz CT molecular complexity index is 470. The second-order valence-electron chi connectivity index (χ2n) is 3.04. The lowest BCUT2D eigenvalue weighted by Crippen LogP contribution is -2.09. The van der Waals surface area contributed by atoms with Gasteiger partial charge in [-0.3, -0.25) is 0 Å². The molecule has 0 atom stereocenters. The second-order valence-corrected chi connectivity index (χ2v) is 3.04. The molecule has 3 N–H and O–H groups in total. The third kappa shape index (κ3) is 1.89. The summed E-state index contributed by atoms with van der Waals surface area (Å²) in [7, 11) is 0. The molecule has 15 heavy (non-hydrogen) atoms. The molecule has 0 aromatic carbocycles. The molecule has 0 bridgehead atoms. The average molecular weight is 202 g/mol. The lowest BCUT2D eigenvalue weighted by atomic mass is 10.1. The van der Waals surface area contributed by atoms with Crippen LogP contribution in [0, 0.1) is 6.92 Å². The molecule has 0 fully saturated rings. The Morgan fingerprint density at radius 3 is 2.87 bits per heavy atom. The van der Waals surface area contributed by atoms with Gasteiger partial charge >= 0.3 is 0 Å². The molecule has 2 rings (SSSR count). The number of nitrogens with zero attached hydrogens (tertiary/aromatic N) is 4. The molecule has 0 saturated carbocycles. The number of nitrogens with one attached hydrogen (secondary N) is 1. The van der Waals surface area contributed by atoms with Gasteiger partial charge in [0.05, 0.1) is 11.9 Å². The van der Waals surface area contributed by atoms with Gasteiger partial charge in [-0.2, -0.15) is 15.3 Å². The van der Waals surface area contributed by atoms with Crippen molar-refractivity contribution in [3.8, 4) is 11.3 Å². The fourth-order valence-corrected chi connectivity index (χ4v) is 1.25. The van der Waals surface area contributed by atoms with E-state index in [0.717, 1.165) is 16.8 Å². The Morgan fingerprint density at radius 1 is 1.27 bits per heavy atom. The number of aromatic nitrogens is 4. The molecule has 76 valence electrons. The van der Waals surface area contributed by atoms with E-state index in [1.807, 2.05) is 13.0 Å². The van der Waals surface area contributed by atoms with Crippen molar-refractivity contribution in [2.75, 3.05) is 5.43 Å². The standard InChI is InChI=1S/C9H10N6/c1-6-2-3-11-15-9(6)7-4-8(13-10)14-12-5-7/h2-5H,10H2,1H3,(H,13,14). The smallest absolute Gasteiger partial charge is 0.163 e. The first-order chi connectivity index (χ1) is 7.31. The summed E-state index contributed by atoms with van der Waals surface area (Å²) >= 11 is 0. The van der Waals surface area contributed by atoms with Crippen molar-refractivity contribution in [3.05, 3.63) is 30.1 Å². The zero-order valence-corrected chi connectivity index (χ0v) is 8.18. The number of hydrazine groups is 1. The first-order valence-electron chi connectivity index (χ1n) is 4.39. The summed E-state index contributed by atoms with van der Waals surface area (Å²) in [6.07, 6.45) is 3.27. The minimum atomic E-state index is 0.498. The Morgan fingerprint density at radius 2 is 2.13 bits per heavy atom. The molecule has 0 unspecified atom stereocenters. The van der Waals surface area contributed by atoms with Gasteiger partial charge in [-0.15, -0.1) is 5.10 Å². The molecule has 0 saturated heterocycles. The Balaban J connectivity index is 2.49. The molecule has 0 aliphatic carbocycles. The van der Waals surface area contributed by atoms with E-state index in [-0.39, 0.29) is 0 Å². The first-order valence-corrected chi connectivity index (χ1v) is 4.39. The van der Waals surface area contributed by atoms with Gasteiger partial charge in [0.25, 0.3) is 0 Å². The monoisotopic (exact) mass is 202 g/mol. The number of rotatable bonds is 2. The van der Waals surface area contributed by atoms with Crippen molar-refractivity contribution in [1.29, 1.82) is 0 Å². The van der Waals surface area contributed by atoms with Crippen molar-refractivity contribution in [2.24, 2.45) is 5.84 Å². The molecule has 0 aliphatic heterocycles. The van der Waals surface area contributed by atoms with Crippen molar-refractivity contribution >= 4 is 5.82 Å². The van der Waals surface area contributed by atoms with E-state index < -0.39 is 0 Å². The molecule has 0 amide bonds. The van der Waals surface area contributed by atoms with Gasteiger partial charge in [0, 0.05) is 11.8 Å². The topological polar surface area (TPSA) is 89.6 Å². The van der Waals surface area contributed by atoms with Crippen molar-refractivity contribution < 1.29 is 0 Å². The van der Waals surface area contributed by atoms with Gasteiger partial charge in [-0.1, -0.05) is 0 Å². The summed E-state index contributed by atoms with van der Waals surface area (Å²) in [5.41, 5.74) is 5.08. The van der Waals surface area contributed by atoms with Gasteiger partial charge in [0.1, 0.15) is 0 Å². The van der Waals surface area contributed by atoms with Crippen molar-refractivity contribution in [1.82, 2.24) is 20.4 Å². The Kier molecular flexibility index (Phi) is 2.51. The quantitative estimate of drug-likeness (QED) is 0.545. The Hall–Kier alpha value is -2.08. The van der Waals surface area contributed by atoms with E-state index in [1.165, 1.54) is 0 Å². The fourth-order valence-electron chi connectivity index (χ4n) is 1.25. The predicted molar refractivity (Wildman–Crippen MR) is 55.6 cm³/mol. The van der Waals surface area contributed by atoms with Crippen LogP contribution in [0.4, 0.5) is 5.82 Å². The highest BCUT2D eigenvalue weighted by atomic mass is 15.3. The fraction of sp³-hybridized carbons (Fsp3) is 0.111. The van der Waals surface area contributed by atoms with Crippen LogP contribution in [0.5, 0.6) is 0 Å². The number of nitrogen functional groups attached to an aromatic ring is 1. The predicted octanol–water partition coefficient (Wildman–Crippen LogP) is 0.528. The minimum Gasteiger partial charge on any atom is -0.307 e. The third-order valence-electron chi connectivity index (χ3n) is 2.00. The molecular formula is C9H10N6. The van der Waals surface area contributed by atoms with E-state index in [4.69, 9.17) is 5.84 Å². The molecule has 0 aliphatic rings. The van der Waals surface area contributed by atoms with Crippen LogP contribution in [0.2, 0.25) is 0 Å². The minimum absolute atomic E-state index is 0.498. The largest absolute Gasteiger partial charge is 0.307 e. The van der Waals surface area contributed by atoms with Crippen molar-refractivity contribution in [2.45, 2.75) is 6.92 Å². The third-order valence-corrected chi connectivity index (χ3v) is 2.00. The van der Waals surface area contributed by atoms with Gasteiger partial charge in [0.15, 0.2) is 5.82 Å². The van der Waals surface area contributed by atoms with Crippen LogP contribution in [0.15, 0.2) is 24.5 Å². The Labute approximate surface area is 86.5 Å². The van der Waals surface area contributed by atoms with Crippen LogP contribution >= 0.6 is 0 Å². The summed E-state index contributed by atoms with van der Waals surface area (Å²) in [6.45, 7) is 1.96. The van der Waals surface area contributed by atoms with E-state index in [1.54, 1.807) is 18.5 Å². The number of aryl methyl sites for hydroxylation is 1. The number of hydrogen-bond donors (Lipinski definition) is 2. The lowest BCUT2D eigenvalue weighted by molar-refractivity contribution is 0.995. The number of hydrogen-bond acceptors (Lipinski definition) is 6. The van der Waals surface area contributed by atoms with Crippen LogP contribution in [-0.4, -0.2) is 20.4 Å². The molecule has 6 heteroatoms. The summed E-state index contributed by atoms with van der Waals surface area (Å²) < 4.78 is 0. The van der Waals surface area contributed by atoms with E-state index in [9.17, 15) is 0 Å². The highest BCUT2D eigenvalue weighted by Gasteiger charge is 2.05. The van der Waals surface area contributed by atoms with Crippen LogP contribution in [-0.2, 0) is 0 Å². The summed E-state index contributed by atoms with van der Waals surface area (Å²) in [5, 5.41) is 15.5.